The van der Waals surface area contributed by atoms with E-state index in [4.69, 9.17) is 9.52 Å². The molecule has 2 N–H and O–H groups in total. The molecule has 1 saturated heterocycles. The van der Waals surface area contributed by atoms with Crippen molar-refractivity contribution in [3.8, 4) is 0 Å². The van der Waals surface area contributed by atoms with Crippen molar-refractivity contribution in [1.82, 2.24) is 15.1 Å². The zero-order valence-electron chi connectivity index (χ0n) is 12.3. The van der Waals surface area contributed by atoms with Crippen LogP contribution >= 0.6 is 0 Å². The molecule has 1 aromatic heterocycles. The Morgan fingerprint density at radius 2 is 1.91 bits per heavy atom. The fraction of sp³-hybridized carbons (Fsp3) is 0.500. The summed E-state index contributed by atoms with van der Waals surface area (Å²) in [6, 6.07) is 3.23. The molecule has 0 saturated carbocycles. The number of aliphatic hydroxyl groups is 1. The molecule has 0 spiro atoms. The Labute approximate surface area is 127 Å². The molecular formula is C14H19N3O5. The Kier molecular flexibility index (Phi) is 5.16. The Bertz CT molecular complexity index is 533. The number of rotatable bonds is 3. The molecular weight excluding hydrogens is 290 g/mol. The molecule has 1 atom stereocenters. The first kappa shape index (κ1) is 16.0. The Balaban J connectivity index is 1.82. The van der Waals surface area contributed by atoms with Crippen LogP contribution in [0.3, 0.4) is 0 Å². The summed E-state index contributed by atoms with van der Waals surface area (Å²) in [5, 5.41) is 11.4. The minimum Gasteiger partial charge on any atom is -0.459 e. The molecule has 1 fully saturated rings. The lowest BCUT2D eigenvalue weighted by Crippen LogP contribution is -2.54. The minimum atomic E-state index is -0.744. The number of hydrogen-bond acceptors (Lipinski definition) is 5. The summed E-state index contributed by atoms with van der Waals surface area (Å²) in [5.41, 5.74) is 0. The standard InChI is InChI=1S/C14H19N3O5/c1-10(18)9-15-12(19)14(21)17-6-4-16(5-7-17)13(20)11-3-2-8-22-11/h2-3,8,10,18H,4-7,9H2,1H3,(H,15,19). The molecule has 8 heteroatoms. The molecule has 8 nitrogen and oxygen atoms in total. The van der Waals surface area contributed by atoms with Gasteiger partial charge in [-0.05, 0) is 19.1 Å². The van der Waals surface area contributed by atoms with E-state index in [1.165, 1.54) is 18.1 Å². The van der Waals surface area contributed by atoms with Gasteiger partial charge in [-0.3, -0.25) is 14.4 Å². The van der Waals surface area contributed by atoms with Crippen LogP contribution in [-0.2, 0) is 9.59 Å². The van der Waals surface area contributed by atoms with Crippen LogP contribution in [0.15, 0.2) is 22.8 Å². The van der Waals surface area contributed by atoms with Crippen molar-refractivity contribution in [3.63, 3.8) is 0 Å². The van der Waals surface area contributed by atoms with Crippen LogP contribution < -0.4 is 5.32 Å². The topological polar surface area (TPSA) is 103 Å². The molecule has 1 aliphatic rings. The second-order valence-electron chi connectivity index (χ2n) is 5.12. The number of furan rings is 1. The molecule has 0 bridgehead atoms. The average molecular weight is 309 g/mol. The van der Waals surface area contributed by atoms with Gasteiger partial charge in [0.2, 0.25) is 0 Å². The van der Waals surface area contributed by atoms with Gasteiger partial charge < -0.3 is 24.6 Å². The van der Waals surface area contributed by atoms with E-state index in [9.17, 15) is 14.4 Å². The Morgan fingerprint density at radius 1 is 1.27 bits per heavy atom. The van der Waals surface area contributed by atoms with Crippen molar-refractivity contribution in [2.75, 3.05) is 32.7 Å². The number of amides is 3. The molecule has 2 heterocycles. The highest BCUT2D eigenvalue weighted by Crippen LogP contribution is 2.09. The number of aliphatic hydroxyl groups excluding tert-OH is 1. The first-order valence-electron chi connectivity index (χ1n) is 7.07. The zero-order valence-corrected chi connectivity index (χ0v) is 12.3. The maximum absolute atomic E-state index is 12.1. The summed E-state index contributed by atoms with van der Waals surface area (Å²) >= 11 is 0. The number of nitrogens with one attached hydrogen (secondary N) is 1. The summed E-state index contributed by atoms with van der Waals surface area (Å²) < 4.78 is 5.06. The van der Waals surface area contributed by atoms with Crippen molar-refractivity contribution in [3.05, 3.63) is 24.2 Å². The van der Waals surface area contributed by atoms with Crippen LogP contribution in [0, 0.1) is 0 Å². The molecule has 0 aromatic carbocycles. The van der Waals surface area contributed by atoms with Crippen LogP contribution in [0.25, 0.3) is 0 Å². The monoisotopic (exact) mass is 309 g/mol. The van der Waals surface area contributed by atoms with Gasteiger partial charge >= 0.3 is 11.8 Å². The van der Waals surface area contributed by atoms with Gasteiger partial charge in [0, 0.05) is 32.7 Å². The van der Waals surface area contributed by atoms with Crippen molar-refractivity contribution in [2.45, 2.75) is 13.0 Å². The fourth-order valence-electron chi connectivity index (χ4n) is 2.13. The molecule has 1 aromatic rings. The largest absolute Gasteiger partial charge is 0.459 e. The summed E-state index contributed by atoms with van der Waals surface area (Å²) in [6.45, 7) is 2.80. The first-order valence-corrected chi connectivity index (χ1v) is 7.07. The smallest absolute Gasteiger partial charge is 0.312 e. The first-order chi connectivity index (χ1) is 10.5. The Hall–Kier alpha value is -2.35. The molecule has 2 rings (SSSR count). The van der Waals surface area contributed by atoms with Gasteiger partial charge in [-0.1, -0.05) is 0 Å². The average Bonchev–Trinajstić information content (AvgIpc) is 3.05. The van der Waals surface area contributed by atoms with E-state index >= 15 is 0 Å². The third-order valence-corrected chi connectivity index (χ3v) is 3.34. The van der Waals surface area contributed by atoms with Gasteiger partial charge in [0.15, 0.2) is 5.76 Å². The van der Waals surface area contributed by atoms with Gasteiger partial charge in [-0.15, -0.1) is 0 Å². The predicted molar refractivity (Wildman–Crippen MR) is 75.9 cm³/mol. The lowest BCUT2D eigenvalue weighted by Gasteiger charge is -2.33. The summed E-state index contributed by atoms with van der Waals surface area (Å²) in [5.74, 6) is -1.36. The number of carbonyl (C=O) groups excluding carboxylic acids is 3. The third-order valence-electron chi connectivity index (χ3n) is 3.34. The predicted octanol–water partition coefficient (Wildman–Crippen LogP) is -0.939. The van der Waals surface area contributed by atoms with E-state index in [0.29, 0.717) is 13.1 Å². The summed E-state index contributed by atoms with van der Waals surface area (Å²) in [6.07, 6.45) is 0.721. The van der Waals surface area contributed by atoms with Crippen LogP contribution in [0.1, 0.15) is 17.5 Å². The highest BCUT2D eigenvalue weighted by molar-refractivity contribution is 6.35. The highest BCUT2D eigenvalue weighted by Gasteiger charge is 2.28. The minimum absolute atomic E-state index is 0.0293. The van der Waals surface area contributed by atoms with E-state index in [2.05, 4.69) is 5.32 Å². The van der Waals surface area contributed by atoms with Crippen molar-refractivity contribution >= 4 is 17.7 Å². The molecule has 22 heavy (non-hydrogen) atoms. The van der Waals surface area contributed by atoms with Crippen LogP contribution in [-0.4, -0.2) is 71.5 Å². The summed E-state index contributed by atoms with van der Waals surface area (Å²) in [4.78, 5) is 38.6. The second-order valence-corrected chi connectivity index (χ2v) is 5.12. The Morgan fingerprint density at radius 3 is 2.45 bits per heavy atom. The zero-order chi connectivity index (χ0) is 16.1. The van der Waals surface area contributed by atoms with E-state index in [1.54, 1.807) is 17.0 Å². The van der Waals surface area contributed by atoms with Gasteiger partial charge in [-0.2, -0.15) is 0 Å². The maximum Gasteiger partial charge on any atom is 0.312 e. The van der Waals surface area contributed by atoms with E-state index in [-0.39, 0.29) is 31.3 Å². The van der Waals surface area contributed by atoms with Crippen molar-refractivity contribution in [2.24, 2.45) is 0 Å². The molecule has 120 valence electrons. The van der Waals surface area contributed by atoms with E-state index in [0.717, 1.165) is 0 Å². The van der Waals surface area contributed by atoms with Crippen molar-refractivity contribution in [1.29, 1.82) is 0 Å². The fourth-order valence-corrected chi connectivity index (χ4v) is 2.13. The van der Waals surface area contributed by atoms with Gasteiger partial charge in [0.1, 0.15) is 0 Å². The molecule has 1 aliphatic heterocycles. The second kappa shape index (κ2) is 7.08. The third kappa shape index (κ3) is 3.85. The van der Waals surface area contributed by atoms with E-state index in [1.807, 2.05) is 0 Å². The van der Waals surface area contributed by atoms with Gasteiger partial charge in [0.05, 0.1) is 12.4 Å². The van der Waals surface area contributed by atoms with Crippen LogP contribution in [0.5, 0.6) is 0 Å². The SMILES string of the molecule is CC(O)CNC(=O)C(=O)N1CCN(C(=O)c2ccco2)CC1. The number of nitrogens with zero attached hydrogens (tertiary/aromatic N) is 2. The van der Waals surface area contributed by atoms with Crippen LogP contribution in [0.4, 0.5) is 0 Å². The van der Waals surface area contributed by atoms with Gasteiger partial charge in [-0.25, -0.2) is 0 Å². The maximum atomic E-state index is 12.1. The lowest BCUT2D eigenvalue weighted by atomic mass is 10.2. The quantitative estimate of drug-likeness (QED) is 0.702. The number of piperazine rings is 1. The normalized spacial score (nSPS) is 16.3. The number of hydrogen-bond donors (Lipinski definition) is 2. The molecule has 3 amide bonds. The molecule has 0 radical (unpaired) electrons. The molecule has 0 aliphatic carbocycles. The highest BCUT2D eigenvalue weighted by atomic mass is 16.3. The summed E-state index contributed by atoms with van der Waals surface area (Å²) in [7, 11) is 0. The van der Waals surface area contributed by atoms with Crippen molar-refractivity contribution < 1.29 is 23.9 Å². The van der Waals surface area contributed by atoms with Crippen LogP contribution in [0.2, 0.25) is 0 Å². The lowest BCUT2D eigenvalue weighted by molar-refractivity contribution is -0.146. The van der Waals surface area contributed by atoms with Gasteiger partial charge in [0.25, 0.3) is 5.91 Å². The van der Waals surface area contributed by atoms with E-state index < -0.39 is 17.9 Å². The molecule has 1 unspecified atom stereocenters. The number of carbonyl (C=O) groups is 3.